The Morgan fingerprint density at radius 1 is 1.05 bits per heavy atom. The zero-order valence-corrected chi connectivity index (χ0v) is 13.2. The molecule has 1 unspecified atom stereocenters. The van der Waals surface area contributed by atoms with Crippen LogP contribution in [0.1, 0.15) is 47.6 Å². The fourth-order valence-electron chi connectivity index (χ4n) is 3.93. The van der Waals surface area contributed by atoms with E-state index in [0.29, 0.717) is 6.04 Å². The molecule has 0 spiro atoms. The second-order valence-corrected chi connectivity index (χ2v) is 6.73. The topological polar surface area (TPSA) is 15.3 Å². The van der Waals surface area contributed by atoms with Gasteiger partial charge in [0.25, 0.3) is 0 Å². The van der Waals surface area contributed by atoms with Crippen LogP contribution in [0.25, 0.3) is 0 Å². The summed E-state index contributed by atoms with van der Waals surface area (Å²) in [6.45, 7) is 11.6. The number of benzene rings is 1. The van der Waals surface area contributed by atoms with Gasteiger partial charge in [0.05, 0.1) is 0 Å². The van der Waals surface area contributed by atoms with Gasteiger partial charge in [-0.1, -0.05) is 17.7 Å². The van der Waals surface area contributed by atoms with Gasteiger partial charge in [0, 0.05) is 25.7 Å². The molecule has 2 aliphatic rings. The highest BCUT2D eigenvalue weighted by molar-refractivity contribution is 5.40. The first-order valence-electron chi connectivity index (χ1n) is 8.19. The van der Waals surface area contributed by atoms with Crippen LogP contribution >= 0.6 is 0 Å². The zero-order chi connectivity index (χ0) is 14.1. The second-order valence-electron chi connectivity index (χ2n) is 6.73. The van der Waals surface area contributed by atoms with E-state index in [4.69, 9.17) is 0 Å². The number of rotatable bonds is 3. The molecule has 2 fully saturated rings. The standard InChI is InChI=1S/C18H28N2/c1-13-11-14(2)17(15(3)12-13)18(16-5-6-16)20-9-4-7-19-8-10-20/h11-12,16,18-19H,4-10H2,1-3H3. The summed E-state index contributed by atoms with van der Waals surface area (Å²) in [4.78, 5) is 2.75. The highest BCUT2D eigenvalue weighted by atomic mass is 15.2. The summed E-state index contributed by atoms with van der Waals surface area (Å²) in [6, 6.07) is 5.40. The van der Waals surface area contributed by atoms with E-state index in [9.17, 15) is 0 Å². The van der Waals surface area contributed by atoms with Crippen molar-refractivity contribution in [2.75, 3.05) is 26.2 Å². The molecule has 0 bridgehead atoms. The Morgan fingerprint density at radius 2 is 1.75 bits per heavy atom. The maximum atomic E-state index is 3.54. The number of hydrogen-bond donors (Lipinski definition) is 1. The molecular formula is C18H28N2. The van der Waals surface area contributed by atoms with Gasteiger partial charge in [-0.3, -0.25) is 4.90 Å². The lowest BCUT2D eigenvalue weighted by Crippen LogP contribution is -2.34. The van der Waals surface area contributed by atoms with Crippen LogP contribution < -0.4 is 5.32 Å². The molecule has 1 aromatic carbocycles. The first-order valence-corrected chi connectivity index (χ1v) is 8.19. The highest BCUT2D eigenvalue weighted by Crippen LogP contribution is 2.46. The summed E-state index contributed by atoms with van der Waals surface area (Å²) in [5.41, 5.74) is 6.02. The van der Waals surface area contributed by atoms with Crippen molar-refractivity contribution >= 4 is 0 Å². The van der Waals surface area contributed by atoms with Crippen LogP contribution in [0.3, 0.4) is 0 Å². The first kappa shape index (κ1) is 14.1. The lowest BCUT2D eigenvalue weighted by molar-refractivity contribution is 0.188. The van der Waals surface area contributed by atoms with E-state index in [0.717, 1.165) is 12.5 Å². The maximum absolute atomic E-state index is 3.54. The molecule has 1 aromatic rings. The Kier molecular flexibility index (Phi) is 4.13. The fourth-order valence-corrected chi connectivity index (χ4v) is 3.93. The van der Waals surface area contributed by atoms with Crippen molar-refractivity contribution in [3.05, 3.63) is 34.4 Å². The van der Waals surface area contributed by atoms with Crippen LogP contribution in [0, 0.1) is 26.7 Å². The Hall–Kier alpha value is -0.860. The number of nitrogens with one attached hydrogen (secondary N) is 1. The summed E-state index contributed by atoms with van der Waals surface area (Å²) in [6.07, 6.45) is 4.12. The molecule has 0 amide bonds. The number of hydrogen-bond acceptors (Lipinski definition) is 2. The first-order chi connectivity index (χ1) is 9.66. The van der Waals surface area contributed by atoms with Gasteiger partial charge in [0.1, 0.15) is 0 Å². The van der Waals surface area contributed by atoms with Crippen molar-refractivity contribution in [3.8, 4) is 0 Å². The normalized spacial score (nSPS) is 22.6. The quantitative estimate of drug-likeness (QED) is 0.907. The van der Waals surface area contributed by atoms with E-state index in [-0.39, 0.29) is 0 Å². The third-order valence-corrected chi connectivity index (χ3v) is 4.87. The molecule has 1 atom stereocenters. The van der Waals surface area contributed by atoms with Crippen LogP contribution in [0.15, 0.2) is 12.1 Å². The average Bonchev–Trinajstić information content (AvgIpc) is 3.21. The van der Waals surface area contributed by atoms with Crippen molar-refractivity contribution < 1.29 is 0 Å². The molecule has 1 heterocycles. The Morgan fingerprint density at radius 3 is 2.40 bits per heavy atom. The van der Waals surface area contributed by atoms with E-state index in [1.807, 2.05) is 0 Å². The largest absolute Gasteiger partial charge is 0.315 e. The SMILES string of the molecule is Cc1cc(C)c(C(C2CC2)N2CCCNCC2)c(C)c1. The average molecular weight is 272 g/mol. The van der Waals surface area contributed by atoms with E-state index in [1.165, 1.54) is 55.6 Å². The molecule has 1 aliphatic heterocycles. The minimum absolute atomic E-state index is 0.662. The third-order valence-electron chi connectivity index (χ3n) is 4.87. The van der Waals surface area contributed by atoms with Crippen molar-refractivity contribution in [3.63, 3.8) is 0 Å². The van der Waals surface area contributed by atoms with E-state index < -0.39 is 0 Å². The molecule has 0 radical (unpaired) electrons. The van der Waals surface area contributed by atoms with E-state index in [2.05, 4.69) is 43.1 Å². The smallest absolute Gasteiger partial charge is 0.0382 e. The molecule has 110 valence electrons. The van der Waals surface area contributed by atoms with Gasteiger partial charge < -0.3 is 5.32 Å². The number of nitrogens with zero attached hydrogens (tertiary/aromatic N) is 1. The summed E-state index contributed by atoms with van der Waals surface area (Å²) in [5, 5.41) is 3.54. The summed E-state index contributed by atoms with van der Waals surface area (Å²) < 4.78 is 0. The van der Waals surface area contributed by atoms with Crippen molar-refractivity contribution in [1.82, 2.24) is 10.2 Å². The van der Waals surface area contributed by atoms with Gasteiger partial charge in [-0.25, -0.2) is 0 Å². The highest BCUT2D eigenvalue weighted by Gasteiger charge is 2.37. The molecule has 1 aliphatic carbocycles. The van der Waals surface area contributed by atoms with Crippen LogP contribution in [0.5, 0.6) is 0 Å². The molecule has 1 saturated heterocycles. The van der Waals surface area contributed by atoms with Crippen molar-refractivity contribution in [1.29, 1.82) is 0 Å². The van der Waals surface area contributed by atoms with Gasteiger partial charge in [0.2, 0.25) is 0 Å². The third kappa shape index (κ3) is 2.91. The molecule has 1 saturated carbocycles. The summed E-state index contributed by atoms with van der Waals surface area (Å²) in [5.74, 6) is 0.896. The van der Waals surface area contributed by atoms with Crippen LogP contribution in [0.4, 0.5) is 0 Å². The molecule has 1 N–H and O–H groups in total. The van der Waals surface area contributed by atoms with Crippen LogP contribution in [-0.4, -0.2) is 31.1 Å². The Labute approximate surface area is 123 Å². The fraction of sp³-hybridized carbons (Fsp3) is 0.667. The lowest BCUT2D eigenvalue weighted by atomic mass is 9.90. The van der Waals surface area contributed by atoms with Crippen molar-refractivity contribution in [2.45, 2.75) is 46.1 Å². The lowest BCUT2D eigenvalue weighted by Gasteiger charge is -2.33. The van der Waals surface area contributed by atoms with E-state index >= 15 is 0 Å². The molecule has 0 aromatic heterocycles. The van der Waals surface area contributed by atoms with Gasteiger partial charge in [-0.15, -0.1) is 0 Å². The molecule has 2 heteroatoms. The summed E-state index contributed by atoms with van der Waals surface area (Å²) >= 11 is 0. The Bertz CT molecular complexity index is 445. The molecule has 3 rings (SSSR count). The summed E-state index contributed by atoms with van der Waals surface area (Å²) in [7, 11) is 0. The van der Waals surface area contributed by atoms with Crippen LogP contribution in [-0.2, 0) is 0 Å². The monoisotopic (exact) mass is 272 g/mol. The van der Waals surface area contributed by atoms with Crippen LogP contribution in [0.2, 0.25) is 0 Å². The Balaban J connectivity index is 1.94. The van der Waals surface area contributed by atoms with Gasteiger partial charge in [-0.05, 0) is 69.2 Å². The predicted octanol–water partition coefficient (Wildman–Crippen LogP) is 3.36. The van der Waals surface area contributed by atoms with Gasteiger partial charge in [-0.2, -0.15) is 0 Å². The van der Waals surface area contributed by atoms with Gasteiger partial charge in [0.15, 0.2) is 0 Å². The molecular weight excluding hydrogens is 244 g/mol. The predicted molar refractivity (Wildman–Crippen MR) is 85.2 cm³/mol. The number of aryl methyl sites for hydroxylation is 3. The van der Waals surface area contributed by atoms with Crippen molar-refractivity contribution in [2.24, 2.45) is 5.92 Å². The molecule has 20 heavy (non-hydrogen) atoms. The minimum Gasteiger partial charge on any atom is -0.315 e. The maximum Gasteiger partial charge on any atom is 0.0382 e. The molecule has 2 nitrogen and oxygen atoms in total. The minimum atomic E-state index is 0.662. The zero-order valence-electron chi connectivity index (χ0n) is 13.2. The van der Waals surface area contributed by atoms with E-state index in [1.54, 1.807) is 5.56 Å². The second kappa shape index (κ2) is 5.87. The van der Waals surface area contributed by atoms with Gasteiger partial charge >= 0.3 is 0 Å².